The summed E-state index contributed by atoms with van der Waals surface area (Å²) in [5.74, 6) is 0.615. The average Bonchev–Trinajstić information content (AvgIpc) is 2.75. The van der Waals surface area contributed by atoms with Crippen molar-refractivity contribution in [2.45, 2.75) is 43.8 Å². The SMILES string of the molecule is CN(c1ncnc(N)n1)C1CC2CCC(C1)N2C(=O)CO. The summed E-state index contributed by atoms with van der Waals surface area (Å²) in [6.45, 7) is -0.405. The molecule has 1 amide bonds. The lowest BCUT2D eigenvalue weighted by Gasteiger charge is -2.42. The quantitative estimate of drug-likeness (QED) is 0.766. The van der Waals surface area contributed by atoms with Crippen LogP contribution in [0.3, 0.4) is 0 Å². The van der Waals surface area contributed by atoms with Crippen molar-refractivity contribution in [3.8, 4) is 0 Å². The van der Waals surface area contributed by atoms with E-state index in [-0.39, 0.29) is 30.0 Å². The van der Waals surface area contributed by atoms with E-state index >= 15 is 0 Å². The van der Waals surface area contributed by atoms with Crippen molar-refractivity contribution in [2.75, 3.05) is 24.3 Å². The van der Waals surface area contributed by atoms with Crippen molar-refractivity contribution >= 4 is 17.8 Å². The summed E-state index contributed by atoms with van der Waals surface area (Å²) in [6, 6.07) is 0.678. The normalized spacial score (nSPS) is 27.7. The van der Waals surface area contributed by atoms with E-state index in [0.717, 1.165) is 25.7 Å². The van der Waals surface area contributed by atoms with Crippen LogP contribution in [0.25, 0.3) is 0 Å². The first kappa shape index (κ1) is 14.0. The number of fused-ring (bicyclic) bond motifs is 2. The van der Waals surface area contributed by atoms with Crippen LogP contribution >= 0.6 is 0 Å². The predicted molar refractivity (Wildman–Crippen MR) is 76.4 cm³/mol. The van der Waals surface area contributed by atoms with Crippen LogP contribution in [0, 0.1) is 0 Å². The first-order chi connectivity index (χ1) is 10.1. The Kier molecular flexibility index (Phi) is 3.62. The maximum atomic E-state index is 11.8. The van der Waals surface area contributed by atoms with Crippen LogP contribution in [0.4, 0.5) is 11.9 Å². The molecule has 1 aromatic rings. The van der Waals surface area contributed by atoms with Gasteiger partial charge in [-0.25, -0.2) is 9.97 Å². The van der Waals surface area contributed by atoms with Gasteiger partial charge < -0.3 is 20.6 Å². The molecule has 8 nitrogen and oxygen atoms in total. The van der Waals surface area contributed by atoms with Crippen molar-refractivity contribution < 1.29 is 9.90 Å². The minimum atomic E-state index is -0.405. The Hall–Kier alpha value is -1.96. The van der Waals surface area contributed by atoms with Crippen molar-refractivity contribution in [3.63, 3.8) is 0 Å². The lowest BCUT2D eigenvalue weighted by Crippen LogP contribution is -2.52. The lowest BCUT2D eigenvalue weighted by molar-refractivity contribution is -0.138. The second-order valence-corrected chi connectivity index (χ2v) is 5.72. The van der Waals surface area contributed by atoms with Crippen molar-refractivity contribution in [2.24, 2.45) is 0 Å². The summed E-state index contributed by atoms with van der Waals surface area (Å²) in [7, 11) is 1.95. The number of aliphatic hydroxyl groups is 1. The van der Waals surface area contributed by atoms with Gasteiger partial charge in [-0.15, -0.1) is 0 Å². The van der Waals surface area contributed by atoms with Crippen LogP contribution in [0.5, 0.6) is 0 Å². The Morgan fingerprint density at radius 1 is 1.43 bits per heavy atom. The fourth-order valence-corrected chi connectivity index (χ4v) is 3.59. The van der Waals surface area contributed by atoms with Crippen LogP contribution in [0.15, 0.2) is 6.33 Å². The van der Waals surface area contributed by atoms with Gasteiger partial charge in [0, 0.05) is 25.2 Å². The van der Waals surface area contributed by atoms with Crippen LogP contribution in [-0.2, 0) is 4.79 Å². The predicted octanol–water partition coefficient (Wildman–Crippen LogP) is -0.596. The highest BCUT2D eigenvalue weighted by atomic mass is 16.3. The Labute approximate surface area is 123 Å². The van der Waals surface area contributed by atoms with Gasteiger partial charge in [0.15, 0.2) is 0 Å². The van der Waals surface area contributed by atoms with E-state index in [2.05, 4.69) is 15.0 Å². The van der Waals surface area contributed by atoms with E-state index in [1.54, 1.807) is 0 Å². The van der Waals surface area contributed by atoms with E-state index in [4.69, 9.17) is 10.8 Å². The number of piperidine rings is 1. The second kappa shape index (κ2) is 5.44. The monoisotopic (exact) mass is 292 g/mol. The summed E-state index contributed by atoms with van der Waals surface area (Å²) in [4.78, 5) is 27.8. The summed E-state index contributed by atoms with van der Waals surface area (Å²) in [5, 5.41) is 9.09. The molecule has 2 aliphatic rings. The summed E-state index contributed by atoms with van der Waals surface area (Å²) >= 11 is 0. The number of carbonyl (C=O) groups excluding carboxylic acids is 1. The van der Waals surface area contributed by atoms with Crippen molar-refractivity contribution in [3.05, 3.63) is 6.33 Å². The highest BCUT2D eigenvalue weighted by Gasteiger charge is 2.44. The number of hydrogen-bond donors (Lipinski definition) is 2. The number of anilines is 2. The molecule has 0 spiro atoms. The maximum Gasteiger partial charge on any atom is 0.248 e. The highest BCUT2D eigenvalue weighted by Crippen LogP contribution is 2.37. The maximum absolute atomic E-state index is 11.8. The van der Waals surface area contributed by atoms with E-state index < -0.39 is 6.61 Å². The van der Waals surface area contributed by atoms with Gasteiger partial charge in [-0.2, -0.15) is 4.98 Å². The van der Waals surface area contributed by atoms with Gasteiger partial charge >= 0.3 is 0 Å². The van der Waals surface area contributed by atoms with Gasteiger partial charge in [0.2, 0.25) is 17.8 Å². The van der Waals surface area contributed by atoms with E-state index in [9.17, 15) is 4.79 Å². The molecule has 2 atom stereocenters. The molecule has 2 saturated heterocycles. The van der Waals surface area contributed by atoms with Crippen LogP contribution < -0.4 is 10.6 Å². The minimum absolute atomic E-state index is 0.159. The topological polar surface area (TPSA) is 108 Å². The number of rotatable bonds is 3. The molecular weight excluding hydrogens is 272 g/mol. The van der Waals surface area contributed by atoms with Crippen LogP contribution in [0.2, 0.25) is 0 Å². The number of hydrogen-bond acceptors (Lipinski definition) is 7. The molecular formula is C13H20N6O2. The zero-order valence-corrected chi connectivity index (χ0v) is 12.0. The summed E-state index contributed by atoms with van der Waals surface area (Å²) in [5.41, 5.74) is 5.60. The zero-order valence-electron chi connectivity index (χ0n) is 12.0. The molecule has 8 heteroatoms. The van der Waals surface area contributed by atoms with Gasteiger partial charge in [0.1, 0.15) is 12.9 Å². The van der Waals surface area contributed by atoms with Crippen LogP contribution in [-0.4, -0.2) is 62.6 Å². The van der Waals surface area contributed by atoms with Crippen molar-refractivity contribution in [1.29, 1.82) is 0 Å². The molecule has 2 unspecified atom stereocenters. The number of amides is 1. The first-order valence-electron chi connectivity index (χ1n) is 7.19. The molecule has 21 heavy (non-hydrogen) atoms. The number of aliphatic hydroxyl groups excluding tert-OH is 1. The van der Waals surface area contributed by atoms with Gasteiger partial charge in [0.05, 0.1) is 0 Å². The molecule has 2 bridgehead atoms. The third-order valence-electron chi connectivity index (χ3n) is 4.57. The molecule has 2 aliphatic heterocycles. The molecule has 3 heterocycles. The highest BCUT2D eigenvalue weighted by molar-refractivity contribution is 5.78. The molecule has 0 radical (unpaired) electrons. The van der Waals surface area contributed by atoms with Gasteiger partial charge in [-0.05, 0) is 25.7 Å². The second-order valence-electron chi connectivity index (χ2n) is 5.72. The lowest BCUT2D eigenvalue weighted by atomic mass is 9.96. The van der Waals surface area contributed by atoms with E-state index in [0.29, 0.717) is 5.95 Å². The Morgan fingerprint density at radius 2 is 2.10 bits per heavy atom. The molecule has 3 rings (SSSR count). The molecule has 1 aromatic heterocycles. The number of nitrogens with zero attached hydrogens (tertiary/aromatic N) is 5. The third kappa shape index (κ3) is 2.51. The average molecular weight is 292 g/mol. The fraction of sp³-hybridized carbons (Fsp3) is 0.692. The fourth-order valence-electron chi connectivity index (χ4n) is 3.59. The van der Waals surface area contributed by atoms with Gasteiger partial charge in [-0.1, -0.05) is 0 Å². The molecule has 2 fully saturated rings. The smallest absolute Gasteiger partial charge is 0.248 e. The van der Waals surface area contributed by atoms with E-state index in [1.165, 1.54) is 6.33 Å². The standard InChI is InChI=1S/C13H20N6O2/c1-18(13-16-7-15-12(14)17-13)10-4-8-2-3-9(5-10)19(8)11(21)6-20/h7-10,20H,2-6H2,1H3,(H2,14,15,16,17). The largest absolute Gasteiger partial charge is 0.387 e. The minimum Gasteiger partial charge on any atom is -0.387 e. The van der Waals surface area contributed by atoms with Crippen LogP contribution in [0.1, 0.15) is 25.7 Å². The summed E-state index contributed by atoms with van der Waals surface area (Å²) in [6.07, 6.45) is 5.14. The number of aromatic nitrogens is 3. The number of nitrogen functional groups attached to an aromatic ring is 1. The zero-order chi connectivity index (χ0) is 15.0. The first-order valence-corrected chi connectivity index (χ1v) is 7.19. The third-order valence-corrected chi connectivity index (χ3v) is 4.57. The van der Waals surface area contributed by atoms with Crippen molar-refractivity contribution in [1.82, 2.24) is 19.9 Å². The molecule has 3 N–H and O–H groups in total. The molecule has 0 aliphatic carbocycles. The Balaban J connectivity index is 1.74. The molecule has 0 saturated carbocycles. The Bertz CT molecular complexity index is 525. The molecule has 0 aromatic carbocycles. The van der Waals surface area contributed by atoms with Gasteiger partial charge in [0.25, 0.3) is 0 Å². The number of carbonyl (C=O) groups is 1. The molecule has 114 valence electrons. The Morgan fingerprint density at radius 3 is 2.67 bits per heavy atom. The summed E-state index contributed by atoms with van der Waals surface area (Å²) < 4.78 is 0. The van der Waals surface area contributed by atoms with Gasteiger partial charge in [-0.3, -0.25) is 4.79 Å². The number of nitrogens with two attached hydrogens (primary N) is 1. The van der Waals surface area contributed by atoms with E-state index in [1.807, 2.05) is 16.8 Å².